The van der Waals surface area contributed by atoms with E-state index in [1.165, 1.54) is 37.5 Å². The van der Waals surface area contributed by atoms with E-state index in [2.05, 4.69) is 28.5 Å². The zero-order valence-corrected chi connectivity index (χ0v) is 18.0. The molecule has 1 aliphatic heterocycles. The molecular formula is C22H29F2N7O. The molecule has 10 heteroatoms. The first-order chi connectivity index (χ1) is 15.2. The van der Waals surface area contributed by atoms with Crippen molar-refractivity contribution in [1.82, 2.24) is 15.2 Å². The second-order valence-corrected chi connectivity index (χ2v) is 7.18. The number of carbonyl (C=O) groups is 1. The number of anilines is 1. The summed E-state index contributed by atoms with van der Waals surface area (Å²) in [6.07, 6.45) is 3.49. The van der Waals surface area contributed by atoms with Crippen LogP contribution >= 0.6 is 0 Å². The summed E-state index contributed by atoms with van der Waals surface area (Å²) in [6.45, 7) is 7.62. The number of nitrogens with one attached hydrogen (secondary N) is 1. The monoisotopic (exact) mass is 445 g/mol. The lowest BCUT2D eigenvalue weighted by Crippen LogP contribution is -2.40. The first kappa shape index (κ1) is 24.7. The first-order valence-electron chi connectivity index (χ1n) is 10.0. The molecule has 2 rings (SSSR count). The number of halogens is 2. The van der Waals surface area contributed by atoms with Gasteiger partial charge in [0.1, 0.15) is 17.8 Å². The molecule has 2 atom stereocenters. The van der Waals surface area contributed by atoms with Crippen LogP contribution in [0.1, 0.15) is 29.0 Å². The lowest BCUT2D eigenvalue weighted by Gasteiger charge is -2.26. The molecule has 8 nitrogen and oxygen atoms in total. The van der Waals surface area contributed by atoms with Crippen molar-refractivity contribution in [2.24, 2.45) is 16.5 Å². The smallest absolute Gasteiger partial charge is 0.276 e. The van der Waals surface area contributed by atoms with Crippen LogP contribution in [0.3, 0.4) is 0 Å². The van der Waals surface area contributed by atoms with Gasteiger partial charge in [0.25, 0.3) is 5.91 Å². The van der Waals surface area contributed by atoms with Crippen LogP contribution in [0.25, 0.3) is 5.57 Å². The van der Waals surface area contributed by atoms with Crippen LogP contribution < -0.4 is 22.5 Å². The molecule has 0 aliphatic carbocycles. The molecule has 1 aromatic heterocycles. The maximum atomic E-state index is 14.0. The Hall–Kier alpha value is -3.53. The topological polar surface area (TPSA) is 136 Å². The summed E-state index contributed by atoms with van der Waals surface area (Å²) in [5, 5.41) is 2.64. The Balaban J connectivity index is 2.30. The van der Waals surface area contributed by atoms with E-state index in [-0.39, 0.29) is 34.8 Å². The van der Waals surface area contributed by atoms with Crippen LogP contribution in [-0.2, 0) is 0 Å². The highest BCUT2D eigenvalue weighted by Crippen LogP contribution is 2.23. The number of carbonyl (C=O) groups excluding carboxylic acids is 1. The zero-order valence-electron chi connectivity index (χ0n) is 18.0. The van der Waals surface area contributed by atoms with E-state index >= 15 is 0 Å². The van der Waals surface area contributed by atoms with Crippen LogP contribution in [0.15, 0.2) is 60.2 Å². The normalized spacial score (nSPS) is 20.5. The fourth-order valence-corrected chi connectivity index (χ4v) is 3.32. The minimum absolute atomic E-state index is 0.0705. The molecular weight excluding hydrogens is 416 g/mol. The quantitative estimate of drug-likeness (QED) is 0.301. The molecule has 1 fully saturated rings. The molecule has 7 N–H and O–H groups in total. The number of amidine groups is 1. The van der Waals surface area contributed by atoms with Gasteiger partial charge in [0, 0.05) is 38.0 Å². The molecule has 1 aliphatic rings. The van der Waals surface area contributed by atoms with Crippen LogP contribution in [0.5, 0.6) is 0 Å². The molecule has 2 heterocycles. The number of aliphatic imine (C=N–C) groups is 1. The van der Waals surface area contributed by atoms with Crippen molar-refractivity contribution in [2.45, 2.75) is 25.1 Å². The first-order valence-corrected chi connectivity index (χ1v) is 10.0. The summed E-state index contributed by atoms with van der Waals surface area (Å²) in [6, 6.07) is 2.35. The third kappa shape index (κ3) is 5.79. The number of hydrogen-bond donors (Lipinski definition) is 4. The third-order valence-electron chi connectivity index (χ3n) is 5.03. The van der Waals surface area contributed by atoms with E-state index in [0.717, 1.165) is 0 Å². The molecule has 1 saturated heterocycles. The predicted molar refractivity (Wildman–Crippen MR) is 124 cm³/mol. The molecule has 0 saturated carbocycles. The molecule has 32 heavy (non-hydrogen) atoms. The van der Waals surface area contributed by atoms with Crippen molar-refractivity contribution in [3.8, 4) is 0 Å². The largest absolute Gasteiger partial charge is 0.403 e. The van der Waals surface area contributed by atoms with Gasteiger partial charge in [-0.3, -0.25) is 9.79 Å². The summed E-state index contributed by atoms with van der Waals surface area (Å²) in [7, 11) is 1.54. The van der Waals surface area contributed by atoms with Crippen molar-refractivity contribution in [3.63, 3.8) is 0 Å². The van der Waals surface area contributed by atoms with Crippen molar-refractivity contribution >= 4 is 23.0 Å². The molecule has 1 aromatic rings. The van der Waals surface area contributed by atoms with Gasteiger partial charge in [-0.05, 0) is 25.0 Å². The van der Waals surface area contributed by atoms with Crippen molar-refractivity contribution in [1.29, 1.82) is 0 Å². The lowest BCUT2D eigenvalue weighted by atomic mass is 10.1. The number of nitrogens with zero attached hydrogens (tertiary/aromatic N) is 3. The van der Waals surface area contributed by atoms with Gasteiger partial charge in [0.05, 0.1) is 17.1 Å². The maximum Gasteiger partial charge on any atom is 0.276 e. The summed E-state index contributed by atoms with van der Waals surface area (Å²) < 4.78 is 27.8. The number of nitrogens with two attached hydrogens (primary N) is 3. The van der Waals surface area contributed by atoms with Crippen LogP contribution in [-0.4, -0.2) is 54.0 Å². The average Bonchev–Trinajstić information content (AvgIpc) is 2.93. The fourth-order valence-electron chi connectivity index (χ4n) is 3.32. The van der Waals surface area contributed by atoms with E-state index in [4.69, 9.17) is 17.2 Å². The number of rotatable bonds is 6. The zero-order chi connectivity index (χ0) is 23.8. The summed E-state index contributed by atoms with van der Waals surface area (Å²) in [5.41, 5.74) is 17.9. The van der Waals surface area contributed by atoms with Crippen LogP contribution in [0.2, 0.25) is 0 Å². The van der Waals surface area contributed by atoms with Gasteiger partial charge in [-0.15, -0.1) is 0 Å². The highest BCUT2D eigenvalue weighted by atomic mass is 19.1. The van der Waals surface area contributed by atoms with E-state index in [1.54, 1.807) is 0 Å². The number of likely N-dealkylation sites (tertiary alicyclic amines) is 1. The highest BCUT2D eigenvalue weighted by molar-refractivity contribution is 6.06. The SMILES string of the molecule is C=C/C=C(\C(=C)F)c1ccc(N)c(C(=O)N/C(=C/N)C(=NC)N2CCC(N)C(F)CC2)n1. The fraction of sp³-hybridized carbons (Fsp3) is 0.318. The highest BCUT2D eigenvalue weighted by Gasteiger charge is 2.27. The molecule has 0 spiro atoms. The van der Waals surface area contributed by atoms with Gasteiger partial charge in [0.15, 0.2) is 5.69 Å². The second-order valence-electron chi connectivity index (χ2n) is 7.18. The number of hydrogen-bond acceptors (Lipinski definition) is 6. The minimum atomic E-state index is -1.12. The summed E-state index contributed by atoms with van der Waals surface area (Å²) in [5.74, 6) is -1.03. The van der Waals surface area contributed by atoms with Gasteiger partial charge >= 0.3 is 0 Å². The summed E-state index contributed by atoms with van der Waals surface area (Å²) >= 11 is 0. The number of allylic oxidation sites excluding steroid dienone is 4. The maximum absolute atomic E-state index is 14.0. The lowest BCUT2D eigenvalue weighted by molar-refractivity contribution is 0.0963. The Labute approximate surface area is 186 Å². The Bertz CT molecular complexity index is 959. The molecule has 1 amide bonds. The van der Waals surface area contributed by atoms with Crippen molar-refractivity contribution in [2.75, 3.05) is 25.9 Å². The van der Waals surface area contributed by atoms with Gasteiger partial charge in [-0.2, -0.15) is 0 Å². The molecule has 172 valence electrons. The van der Waals surface area contributed by atoms with Crippen molar-refractivity contribution in [3.05, 3.63) is 66.6 Å². The number of aromatic nitrogens is 1. The molecule has 0 aromatic carbocycles. The number of pyridine rings is 1. The van der Waals surface area contributed by atoms with E-state index in [9.17, 15) is 13.6 Å². The Morgan fingerprint density at radius 3 is 2.66 bits per heavy atom. The summed E-state index contributed by atoms with van der Waals surface area (Å²) in [4.78, 5) is 23.2. The van der Waals surface area contributed by atoms with Gasteiger partial charge in [-0.25, -0.2) is 13.8 Å². The van der Waals surface area contributed by atoms with Gasteiger partial charge in [-0.1, -0.05) is 25.3 Å². The van der Waals surface area contributed by atoms with E-state index in [0.29, 0.717) is 25.3 Å². The van der Waals surface area contributed by atoms with E-state index in [1.807, 2.05) is 4.90 Å². The van der Waals surface area contributed by atoms with Crippen LogP contribution in [0.4, 0.5) is 14.5 Å². The van der Waals surface area contributed by atoms with E-state index < -0.39 is 23.9 Å². The number of amides is 1. The minimum Gasteiger partial charge on any atom is -0.403 e. The van der Waals surface area contributed by atoms with Gasteiger partial charge in [0.2, 0.25) is 0 Å². The van der Waals surface area contributed by atoms with Gasteiger partial charge < -0.3 is 27.4 Å². The molecule has 0 radical (unpaired) electrons. The molecule has 2 unspecified atom stereocenters. The predicted octanol–water partition coefficient (Wildman–Crippen LogP) is 2.04. The Morgan fingerprint density at radius 2 is 2.06 bits per heavy atom. The third-order valence-corrected chi connectivity index (χ3v) is 5.03. The Morgan fingerprint density at radius 1 is 1.38 bits per heavy atom. The average molecular weight is 446 g/mol. The number of alkyl halides is 1. The van der Waals surface area contributed by atoms with Crippen molar-refractivity contribution < 1.29 is 13.6 Å². The standard InChI is InChI=1S/C22H29F2N7O/c1-4-5-14(13(2)23)18-7-6-17(27)20(29-18)22(32)30-19(12-25)21(28-3)31-10-8-15(24)16(26)9-11-31/h4-7,12,15-16H,1-2,8-11,25-27H2,3H3,(H,30,32)/b14-5+,19-12+,28-21?. The van der Waals surface area contributed by atoms with Crippen LogP contribution in [0, 0.1) is 0 Å². The number of nitrogen functional groups attached to an aromatic ring is 1. The molecule has 0 bridgehead atoms. The Kier molecular flexibility index (Phi) is 8.65. The second kappa shape index (κ2) is 11.2.